The molecule has 7 nitrogen and oxygen atoms in total. The first-order valence-corrected chi connectivity index (χ1v) is 8.54. The molecule has 1 aliphatic heterocycles. The Morgan fingerprint density at radius 1 is 1.40 bits per heavy atom. The Kier molecular flexibility index (Phi) is 5.67. The van der Waals surface area contributed by atoms with Crippen LogP contribution in [0.3, 0.4) is 0 Å². The lowest BCUT2D eigenvalue weighted by Gasteiger charge is -2.27. The summed E-state index contributed by atoms with van der Waals surface area (Å²) >= 11 is 9.18. The molecular formula is C15H14BrClFN5O2. The second kappa shape index (κ2) is 7.94. The third-order valence-corrected chi connectivity index (χ3v) is 4.21. The van der Waals surface area contributed by atoms with Gasteiger partial charge in [-0.25, -0.2) is 14.8 Å². The van der Waals surface area contributed by atoms with E-state index >= 15 is 0 Å². The third-order valence-electron chi connectivity index (χ3n) is 3.46. The molecule has 2 heterocycles. The van der Waals surface area contributed by atoms with Crippen molar-refractivity contribution >= 4 is 45.5 Å². The van der Waals surface area contributed by atoms with Crippen LogP contribution in [0.25, 0.3) is 0 Å². The predicted molar refractivity (Wildman–Crippen MR) is 97.1 cm³/mol. The van der Waals surface area contributed by atoms with Crippen LogP contribution < -0.4 is 10.3 Å². The number of ether oxygens (including phenoxy) is 1. The summed E-state index contributed by atoms with van der Waals surface area (Å²) in [5.74, 6) is -0.263. The number of aromatic nitrogens is 2. The first-order valence-electron chi connectivity index (χ1n) is 7.37. The van der Waals surface area contributed by atoms with Crippen molar-refractivity contribution in [2.24, 2.45) is 5.10 Å². The molecule has 0 aliphatic carbocycles. The maximum Gasteiger partial charge on any atom is 0.245 e. The predicted octanol–water partition coefficient (Wildman–Crippen LogP) is 3.02. The first-order chi connectivity index (χ1) is 12.0. The number of morpholine rings is 1. The molecule has 1 aliphatic rings. The second-order valence-electron chi connectivity index (χ2n) is 5.16. The number of anilines is 2. The fraction of sp³-hybridized carbons (Fsp3) is 0.267. The topological polar surface area (TPSA) is 82.9 Å². The van der Waals surface area contributed by atoms with Gasteiger partial charge in [-0.05, 0) is 12.1 Å². The summed E-state index contributed by atoms with van der Waals surface area (Å²) in [6.07, 6.45) is 2.45. The molecule has 10 heteroatoms. The Hall–Kier alpha value is -1.97. The minimum Gasteiger partial charge on any atom is -0.506 e. The maximum absolute atomic E-state index is 14.0. The van der Waals surface area contributed by atoms with Crippen LogP contribution in [0.15, 0.2) is 27.9 Å². The van der Waals surface area contributed by atoms with Crippen molar-refractivity contribution in [1.29, 1.82) is 0 Å². The van der Waals surface area contributed by atoms with Gasteiger partial charge in [0.2, 0.25) is 5.95 Å². The average molecular weight is 431 g/mol. The van der Waals surface area contributed by atoms with Crippen molar-refractivity contribution < 1.29 is 14.2 Å². The summed E-state index contributed by atoms with van der Waals surface area (Å²) in [4.78, 5) is 9.79. The number of phenolic OH excluding ortho intramolecular Hbond substituents is 1. The van der Waals surface area contributed by atoms with E-state index in [2.05, 4.69) is 36.4 Å². The third kappa shape index (κ3) is 4.36. The molecule has 0 unspecified atom stereocenters. The number of rotatable bonds is 4. The van der Waals surface area contributed by atoms with Crippen LogP contribution in [0.2, 0.25) is 5.02 Å². The lowest BCUT2D eigenvalue weighted by Crippen LogP contribution is -2.37. The van der Waals surface area contributed by atoms with Gasteiger partial charge in [0.1, 0.15) is 5.75 Å². The van der Waals surface area contributed by atoms with Crippen LogP contribution in [0.4, 0.5) is 16.2 Å². The molecule has 1 saturated heterocycles. The van der Waals surface area contributed by atoms with Gasteiger partial charge < -0.3 is 14.7 Å². The van der Waals surface area contributed by atoms with E-state index in [1.165, 1.54) is 6.21 Å². The van der Waals surface area contributed by atoms with Crippen molar-refractivity contribution in [3.8, 4) is 5.75 Å². The Bertz CT molecular complexity index is 802. The van der Waals surface area contributed by atoms with E-state index in [1.807, 2.05) is 0 Å². The number of phenols is 1. The van der Waals surface area contributed by atoms with E-state index < -0.39 is 5.82 Å². The van der Waals surface area contributed by atoms with Crippen LogP contribution in [0.5, 0.6) is 5.75 Å². The van der Waals surface area contributed by atoms with Crippen molar-refractivity contribution in [3.05, 3.63) is 39.2 Å². The number of benzene rings is 1. The zero-order valence-corrected chi connectivity index (χ0v) is 15.3. The normalized spacial score (nSPS) is 14.9. The standard InChI is InChI=1S/C15H14BrClFN5O2/c16-10-5-9(13(24)11(17)6-10)7-20-22-15-19-8-12(18)14(21-15)23-1-3-25-4-2-23/h5-8,24H,1-4H2,(H,19,21,22)/b20-7-. The molecule has 25 heavy (non-hydrogen) atoms. The van der Waals surface area contributed by atoms with E-state index in [0.717, 1.165) is 6.20 Å². The van der Waals surface area contributed by atoms with Gasteiger partial charge in [-0.2, -0.15) is 10.1 Å². The second-order valence-corrected chi connectivity index (χ2v) is 6.48. The lowest BCUT2D eigenvalue weighted by molar-refractivity contribution is 0.122. The maximum atomic E-state index is 14.0. The van der Waals surface area contributed by atoms with Gasteiger partial charge in [-0.3, -0.25) is 0 Å². The molecule has 0 radical (unpaired) electrons. The number of nitrogens with zero attached hydrogens (tertiary/aromatic N) is 4. The fourth-order valence-electron chi connectivity index (χ4n) is 2.25. The summed E-state index contributed by atoms with van der Waals surface area (Å²) in [6.45, 7) is 2.16. The van der Waals surface area contributed by atoms with Gasteiger partial charge in [0.25, 0.3) is 0 Å². The van der Waals surface area contributed by atoms with Crippen LogP contribution in [-0.4, -0.2) is 47.6 Å². The minimum atomic E-state index is -0.507. The van der Waals surface area contributed by atoms with Crippen molar-refractivity contribution in [2.45, 2.75) is 0 Å². The van der Waals surface area contributed by atoms with Gasteiger partial charge in [0, 0.05) is 23.1 Å². The van der Waals surface area contributed by atoms with E-state index in [-0.39, 0.29) is 22.5 Å². The van der Waals surface area contributed by atoms with E-state index in [0.29, 0.717) is 36.3 Å². The zero-order valence-electron chi connectivity index (χ0n) is 12.9. The van der Waals surface area contributed by atoms with Crippen LogP contribution in [0, 0.1) is 5.82 Å². The molecule has 0 amide bonds. The molecule has 2 aromatic rings. The Labute approximate surface area is 156 Å². The fourth-order valence-corrected chi connectivity index (χ4v) is 3.09. The molecule has 0 bridgehead atoms. The zero-order chi connectivity index (χ0) is 17.8. The van der Waals surface area contributed by atoms with Crippen LogP contribution in [0.1, 0.15) is 5.56 Å². The molecule has 1 fully saturated rings. The van der Waals surface area contributed by atoms with Crippen LogP contribution in [-0.2, 0) is 4.74 Å². The number of aromatic hydroxyl groups is 1. The summed E-state index contributed by atoms with van der Waals surface area (Å²) in [5, 5.41) is 14.1. The average Bonchev–Trinajstić information content (AvgIpc) is 2.61. The molecule has 132 valence electrons. The van der Waals surface area contributed by atoms with Crippen molar-refractivity contribution in [1.82, 2.24) is 9.97 Å². The van der Waals surface area contributed by atoms with E-state index in [1.54, 1.807) is 17.0 Å². The number of hydrazone groups is 1. The van der Waals surface area contributed by atoms with Gasteiger partial charge in [0.15, 0.2) is 11.6 Å². The van der Waals surface area contributed by atoms with Gasteiger partial charge in [0.05, 0.1) is 30.6 Å². The number of hydrogen-bond acceptors (Lipinski definition) is 7. The molecule has 1 aromatic heterocycles. The van der Waals surface area contributed by atoms with E-state index in [9.17, 15) is 9.50 Å². The summed E-state index contributed by atoms with van der Waals surface area (Å²) in [5.41, 5.74) is 3.02. The monoisotopic (exact) mass is 429 g/mol. The molecule has 0 atom stereocenters. The first kappa shape index (κ1) is 17.8. The van der Waals surface area contributed by atoms with Gasteiger partial charge >= 0.3 is 0 Å². The SMILES string of the molecule is Oc1c(Cl)cc(Br)cc1/C=N\Nc1ncc(F)c(N2CCOCC2)n1. The summed E-state index contributed by atoms with van der Waals surface area (Å²) < 4.78 is 19.9. The highest BCUT2D eigenvalue weighted by molar-refractivity contribution is 9.10. The Morgan fingerprint density at radius 2 is 2.16 bits per heavy atom. The molecule has 1 aromatic carbocycles. The Morgan fingerprint density at radius 3 is 2.92 bits per heavy atom. The van der Waals surface area contributed by atoms with Crippen molar-refractivity contribution in [3.63, 3.8) is 0 Å². The van der Waals surface area contributed by atoms with Crippen molar-refractivity contribution in [2.75, 3.05) is 36.6 Å². The summed E-state index contributed by atoms with van der Waals surface area (Å²) in [6, 6.07) is 3.22. The lowest BCUT2D eigenvalue weighted by atomic mass is 10.2. The smallest absolute Gasteiger partial charge is 0.245 e. The number of nitrogens with one attached hydrogen (secondary N) is 1. The molecule has 3 rings (SSSR count). The van der Waals surface area contributed by atoms with Crippen LogP contribution >= 0.6 is 27.5 Å². The number of halogens is 3. The van der Waals surface area contributed by atoms with Gasteiger partial charge in [-0.1, -0.05) is 27.5 Å². The number of hydrogen-bond donors (Lipinski definition) is 2. The highest BCUT2D eigenvalue weighted by Gasteiger charge is 2.17. The van der Waals surface area contributed by atoms with Gasteiger partial charge in [-0.15, -0.1) is 0 Å². The minimum absolute atomic E-state index is 0.0931. The quantitative estimate of drug-likeness (QED) is 0.573. The molecule has 2 N–H and O–H groups in total. The Balaban J connectivity index is 1.75. The molecular weight excluding hydrogens is 417 g/mol. The highest BCUT2D eigenvalue weighted by Crippen LogP contribution is 2.30. The largest absolute Gasteiger partial charge is 0.506 e. The molecule has 0 spiro atoms. The highest BCUT2D eigenvalue weighted by atomic mass is 79.9. The molecule has 0 saturated carbocycles. The summed E-state index contributed by atoms with van der Waals surface area (Å²) in [7, 11) is 0. The van der Waals surface area contributed by atoms with E-state index in [4.69, 9.17) is 16.3 Å².